The molecule has 2 aromatic heterocycles. The fourth-order valence-corrected chi connectivity index (χ4v) is 1.40. The van der Waals surface area contributed by atoms with Gasteiger partial charge in [0.1, 0.15) is 5.69 Å². The van der Waals surface area contributed by atoms with Gasteiger partial charge in [0.2, 0.25) is 0 Å². The molecule has 0 saturated heterocycles. The second-order valence-corrected chi connectivity index (χ2v) is 3.73. The van der Waals surface area contributed by atoms with Crippen molar-refractivity contribution in [1.29, 1.82) is 0 Å². The fourth-order valence-electron chi connectivity index (χ4n) is 1.40. The van der Waals surface area contributed by atoms with E-state index in [4.69, 9.17) is 10.3 Å². The lowest BCUT2D eigenvalue weighted by molar-refractivity contribution is 0.416. The van der Waals surface area contributed by atoms with Crippen LogP contribution >= 0.6 is 0 Å². The standard InChI is InChI=1S/C10H15N5O/c1-3-7(11)6-9-13-10(16-14-9)8-4-5-12-15(8)2/h4-5,7H,3,6,11H2,1-2H3. The summed E-state index contributed by atoms with van der Waals surface area (Å²) < 4.78 is 6.85. The van der Waals surface area contributed by atoms with Crippen molar-refractivity contribution < 1.29 is 4.52 Å². The van der Waals surface area contributed by atoms with Crippen LogP contribution in [-0.2, 0) is 13.5 Å². The summed E-state index contributed by atoms with van der Waals surface area (Å²) in [6.07, 6.45) is 3.23. The molecule has 0 aliphatic rings. The van der Waals surface area contributed by atoms with Crippen LogP contribution in [0, 0.1) is 0 Å². The first-order chi connectivity index (χ1) is 7.70. The van der Waals surface area contributed by atoms with Gasteiger partial charge >= 0.3 is 0 Å². The van der Waals surface area contributed by atoms with E-state index in [1.54, 1.807) is 10.9 Å². The van der Waals surface area contributed by atoms with Gasteiger partial charge in [0.25, 0.3) is 5.89 Å². The normalized spacial score (nSPS) is 12.9. The number of aryl methyl sites for hydroxylation is 1. The zero-order valence-electron chi connectivity index (χ0n) is 9.42. The minimum absolute atomic E-state index is 0.0805. The van der Waals surface area contributed by atoms with Crippen LogP contribution in [0.2, 0.25) is 0 Å². The summed E-state index contributed by atoms with van der Waals surface area (Å²) in [6.45, 7) is 2.03. The average molecular weight is 221 g/mol. The molecule has 1 unspecified atom stereocenters. The molecule has 16 heavy (non-hydrogen) atoms. The molecular formula is C10H15N5O. The average Bonchev–Trinajstić information content (AvgIpc) is 2.86. The van der Waals surface area contributed by atoms with E-state index in [0.29, 0.717) is 18.1 Å². The second kappa shape index (κ2) is 4.44. The SMILES string of the molecule is CCC(N)Cc1noc(-c2ccnn2C)n1. The Kier molecular flexibility index (Phi) is 3.00. The third-order valence-electron chi connectivity index (χ3n) is 2.48. The van der Waals surface area contributed by atoms with E-state index in [1.165, 1.54) is 0 Å². The predicted octanol–water partition coefficient (Wildman–Crippen LogP) is 0.750. The highest BCUT2D eigenvalue weighted by Crippen LogP contribution is 2.15. The van der Waals surface area contributed by atoms with Crippen molar-refractivity contribution in [3.05, 3.63) is 18.1 Å². The van der Waals surface area contributed by atoms with Crippen molar-refractivity contribution in [1.82, 2.24) is 19.9 Å². The maximum absolute atomic E-state index is 5.82. The number of nitrogens with zero attached hydrogens (tertiary/aromatic N) is 4. The van der Waals surface area contributed by atoms with Crippen LogP contribution in [0.3, 0.4) is 0 Å². The molecule has 0 bridgehead atoms. The van der Waals surface area contributed by atoms with E-state index in [1.807, 2.05) is 20.0 Å². The molecule has 6 heteroatoms. The first-order valence-electron chi connectivity index (χ1n) is 5.27. The Labute approximate surface area is 93.4 Å². The van der Waals surface area contributed by atoms with E-state index >= 15 is 0 Å². The lowest BCUT2D eigenvalue weighted by atomic mass is 10.2. The summed E-state index contributed by atoms with van der Waals surface area (Å²) in [6, 6.07) is 1.91. The number of rotatable bonds is 4. The fraction of sp³-hybridized carbons (Fsp3) is 0.500. The Morgan fingerprint density at radius 1 is 1.56 bits per heavy atom. The highest BCUT2D eigenvalue weighted by Gasteiger charge is 2.13. The van der Waals surface area contributed by atoms with E-state index in [-0.39, 0.29) is 6.04 Å². The number of hydrogen-bond acceptors (Lipinski definition) is 5. The molecule has 2 rings (SSSR count). The second-order valence-electron chi connectivity index (χ2n) is 3.73. The molecule has 0 fully saturated rings. The Morgan fingerprint density at radius 3 is 3.00 bits per heavy atom. The molecule has 2 heterocycles. The van der Waals surface area contributed by atoms with Gasteiger partial charge < -0.3 is 10.3 Å². The molecule has 0 radical (unpaired) electrons. The quantitative estimate of drug-likeness (QED) is 0.823. The smallest absolute Gasteiger partial charge is 0.276 e. The van der Waals surface area contributed by atoms with Crippen LogP contribution in [0.5, 0.6) is 0 Å². The Bertz CT molecular complexity index is 461. The molecule has 2 N–H and O–H groups in total. The number of aromatic nitrogens is 4. The van der Waals surface area contributed by atoms with Gasteiger partial charge in [-0.25, -0.2) is 0 Å². The van der Waals surface area contributed by atoms with Crippen LogP contribution < -0.4 is 5.73 Å². The van der Waals surface area contributed by atoms with E-state index < -0.39 is 0 Å². The van der Waals surface area contributed by atoms with Crippen LogP contribution in [0.15, 0.2) is 16.8 Å². The lowest BCUT2D eigenvalue weighted by Gasteiger charge is -2.02. The Hall–Kier alpha value is -1.69. The number of nitrogens with two attached hydrogens (primary N) is 1. The minimum atomic E-state index is 0.0805. The predicted molar refractivity (Wildman–Crippen MR) is 58.5 cm³/mol. The third kappa shape index (κ3) is 2.11. The molecule has 0 amide bonds. The van der Waals surface area contributed by atoms with Gasteiger partial charge in [0.15, 0.2) is 5.82 Å². The van der Waals surface area contributed by atoms with Gasteiger partial charge in [-0.2, -0.15) is 10.1 Å². The molecule has 86 valence electrons. The van der Waals surface area contributed by atoms with Crippen molar-refractivity contribution >= 4 is 0 Å². The summed E-state index contributed by atoms with van der Waals surface area (Å²) >= 11 is 0. The summed E-state index contributed by atoms with van der Waals surface area (Å²) in [5, 5.41) is 7.94. The van der Waals surface area contributed by atoms with Gasteiger partial charge in [-0.15, -0.1) is 0 Å². The first kappa shape index (κ1) is 10.8. The van der Waals surface area contributed by atoms with Gasteiger partial charge in [-0.05, 0) is 12.5 Å². The van der Waals surface area contributed by atoms with Crippen LogP contribution in [0.4, 0.5) is 0 Å². The number of hydrogen-bond donors (Lipinski definition) is 1. The van der Waals surface area contributed by atoms with Crippen LogP contribution in [-0.4, -0.2) is 26.0 Å². The summed E-state index contributed by atoms with van der Waals surface area (Å²) in [5.41, 5.74) is 6.63. The topological polar surface area (TPSA) is 82.8 Å². The van der Waals surface area contributed by atoms with Gasteiger partial charge in [-0.1, -0.05) is 12.1 Å². The monoisotopic (exact) mass is 221 g/mol. The molecule has 0 aliphatic heterocycles. The largest absolute Gasteiger partial charge is 0.332 e. The van der Waals surface area contributed by atoms with Crippen LogP contribution in [0.25, 0.3) is 11.6 Å². The first-order valence-corrected chi connectivity index (χ1v) is 5.27. The van der Waals surface area contributed by atoms with E-state index in [9.17, 15) is 0 Å². The van der Waals surface area contributed by atoms with Crippen molar-refractivity contribution in [2.75, 3.05) is 0 Å². The highest BCUT2D eigenvalue weighted by molar-refractivity contribution is 5.45. The van der Waals surface area contributed by atoms with Crippen LogP contribution in [0.1, 0.15) is 19.2 Å². The summed E-state index contributed by atoms with van der Waals surface area (Å²) in [5.74, 6) is 1.13. The molecule has 0 saturated carbocycles. The third-order valence-corrected chi connectivity index (χ3v) is 2.48. The van der Waals surface area contributed by atoms with Gasteiger partial charge in [-0.3, -0.25) is 4.68 Å². The molecule has 0 aromatic carbocycles. The zero-order chi connectivity index (χ0) is 11.5. The van der Waals surface area contributed by atoms with Crippen molar-refractivity contribution in [2.24, 2.45) is 12.8 Å². The van der Waals surface area contributed by atoms with Crippen molar-refractivity contribution in [2.45, 2.75) is 25.8 Å². The summed E-state index contributed by atoms with van der Waals surface area (Å²) in [7, 11) is 1.83. The lowest BCUT2D eigenvalue weighted by Crippen LogP contribution is -2.21. The van der Waals surface area contributed by atoms with E-state index in [2.05, 4.69) is 15.2 Å². The van der Waals surface area contributed by atoms with E-state index in [0.717, 1.165) is 12.1 Å². The maximum atomic E-state index is 5.82. The molecule has 2 aromatic rings. The molecule has 6 nitrogen and oxygen atoms in total. The minimum Gasteiger partial charge on any atom is -0.332 e. The van der Waals surface area contributed by atoms with Crippen molar-refractivity contribution in [3.63, 3.8) is 0 Å². The molecular weight excluding hydrogens is 206 g/mol. The Morgan fingerprint density at radius 2 is 2.38 bits per heavy atom. The summed E-state index contributed by atoms with van der Waals surface area (Å²) in [4.78, 5) is 4.28. The maximum Gasteiger partial charge on any atom is 0.276 e. The zero-order valence-corrected chi connectivity index (χ0v) is 9.42. The molecule has 1 atom stereocenters. The Balaban J connectivity index is 2.17. The molecule has 0 spiro atoms. The van der Waals surface area contributed by atoms with Crippen molar-refractivity contribution in [3.8, 4) is 11.6 Å². The molecule has 0 aliphatic carbocycles. The highest BCUT2D eigenvalue weighted by atomic mass is 16.5. The van der Waals surface area contributed by atoms with Gasteiger partial charge in [0.05, 0.1) is 0 Å². The van der Waals surface area contributed by atoms with Gasteiger partial charge in [0, 0.05) is 25.7 Å².